The molecule has 0 saturated carbocycles. The van der Waals surface area contributed by atoms with Crippen LogP contribution in [0.25, 0.3) is 0 Å². The summed E-state index contributed by atoms with van der Waals surface area (Å²) in [6.45, 7) is 2.97. The van der Waals surface area contributed by atoms with Crippen LogP contribution in [0.5, 0.6) is 5.75 Å². The molecule has 0 spiro atoms. The fourth-order valence-corrected chi connectivity index (χ4v) is 3.08. The van der Waals surface area contributed by atoms with E-state index in [0.29, 0.717) is 42.6 Å². The van der Waals surface area contributed by atoms with E-state index >= 15 is 0 Å². The molecular weight excluding hydrogens is 378 g/mol. The van der Waals surface area contributed by atoms with Crippen LogP contribution in [0.3, 0.4) is 0 Å². The molecule has 27 heavy (non-hydrogen) atoms. The Labute approximate surface area is 162 Å². The predicted octanol–water partition coefficient (Wildman–Crippen LogP) is 3.01. The Morgan fingerprint density at radius 2 is 2.22 bits per heavy atom. The van der Waals surface area contributed by atoms with Gasteiger partial charge in [0.1, 0.15) is 5.75 Å². The minimum Gasteiger partial charge on any atom is -0.434 e. The number of hydrogen-bond acceptors (Lipinski definition) is 3. The van der Waals surface area contributed by atoms with Crippen LogP contribution < -0.4 is 15.4 Å². The van der Waals surface area contributed by atoms with Gasteiger partial charge in [-0.3, -0.25) is 4.79 Å². The maximum absolute atomic E-state index is 12.6. The van der Waals surface area contributed by atoms with Gasteiger partial charge < -0.3 is 20.3 Å². The average molecular weight is 403 g/mol. The van der Waals surface area contributed by atoms with Crippen LogP contribution in [0.4, 0.5) is 8.78 Å². The van der Waals surface area contributed by atoms with Crippen LogP contribution in [-0.2, 0) is 11.3 Å². The van der Waals surface area contributed by atoms with Gasteiger partial charge in [0.05, 0.1) is 6.54 Å². The van der Waals surface area contributed by atoms with Gasteiger partial charge in [0.25, 0.3) is 0 Å². The number of alkyl halides is 2. The first-order valence-corrected chi connectivity index (χ1v) is 9.36. The van der Waals surface area contributed by atoms with Crippen molar-refractivity contribution in [3.05, 3.63) is 28.8 Å². The van der Waals surface area contributed by atoms with Crippen LogP contribution in [-0.4, -0.2) is 49.1 Å². The van der Waals surface area contributed by atoms with Crippen LogP contribution in [0.2, 0.25) is 5.02 Å². The molecule has 1 aliphatic heterocycles. The molecule has 1 aromatic rings. The van der Waals surface area contributed by atoms with Gasteiger partial charge in [0.2, 0.25) is 5.91 Å². The van der Waals surface area contributed by atoms with Crippen molar-refractivity contribution in [1.29, 1.82) is 0 Å². The van der Waals surface area contributed by atoms with Gasteiger partial charge in [0, 0.05) is 42.7 Å². The highest BCUT2D eigenvalue weighted by Crippen LogP contribution is 2.25. The van der Waals surface area contributed by atoms with Crippen LogP contribution in [0.15, 0.2) is 23.2 Å². The number of halogens is 3. The SMILES string of the molecule is CCNC(=NCc1cc(Cl)ccc1OC(F)F)NC1CCN(C(=O)CC)C1. The number of amides is 1. The highest BCUT2D eigenvalue weighted by atomic mass is 35.5. The molecule has 9 heteroatoms. The van der Waals surface area contributed by atoms with Crippen molar-refractivity contribution < 1.29 is 18.3 Å². The second kappa shape index (κ2) is 10.3. The Bertz CT molecular complexity index is 673. The van der Waals surface area contributed by atoms with Crippen molar-refractivity contribution in [1.82, 2.24) is 15.5 Å². The number of nitrogens with one attached hydrogen (secondary N) is 2. The number of carbonyl (C=O) groups excluding carboxylic acids is 1. The lowest BCUT2D eigenvalue weighted by molar-refractivity contribution is -0.129. The number of hydrogen-bond donors (Lipinski definition) is 2. The second-order valence-electron chi connectivity index (χ2n) is 6.15. The van der Waals surface area contributed by atoms with E-state index < -0.39 is 6.61 Å². The molecule has 1 atom stereocenters. The van der Waals surface area contributed by atoms with Gasteiger partial charge in [-0.1, -0.05) is 18.5 Å². The summed E-state index contributed by atoms with van der Waals surface area (Å²) in [6.07, 6.45) is 1.32. The summed E-state index contributed by atoms with van der Waals surface area (Å²) in [5, 5.41) is 6.84. The number of rotatable bonds is 7. The highest BCUT2D eigenvalue weighted by molar-refractivity contribution is 6.30. The topological polar surface area (TPSA) is 66.0 Å². The minimum atomic E-state index is -2.92. The first kappa shape index (κ1) is 21.2. The number of aliphatic imine (C=N–C) groups is 1. The van der Waals surface area contributed by atoms with Crippen LogP contribution >= 0.6 is 11.6 Å². The highest BCUT2D eigenvalue weighted by Gasteiger charge is 2.25. The molecule has 6 nitrogen and oxygen atoms in total. The molecule has 0 radical (unpaired) electrons. The lowest BCUT2D eigenvalue weighted by Gasteiger charge is -2.19. The molecule has 1 fully saturated rings. The number of nitrogens with zero attached hydrogens (tertiary/aromatic N) is 2. The van der Waals surface area contributed by atoms with E-state index in [0.717, 1.165) is 6.42 Å². The molecule has 1 aromatic carbocycles. The van der Waals surface area contributed by atoms with Gasteiger partial charge in [-0.25, -0.2) is 4.99 Å². The second-order valence-corrected chi connectivity index (χ2v) is 6.59. The van der Waals surface area contributed by atoms with Gasteiger partial charge in [-0.15, -0.1) is 0 Å². The molecule has 1 heterocycles. The maximum atomic E-state index is 12.6. The van der Waals surface area contributed by atoms with E-state index in [1.54, 1.807) is 6.07 Å². The summed E-state index contributed by atoms with van der Waals surface area (Å²) in [6, 6.07) is 4.55. The third-order valence-electron chi connectivity index (χ3n) is 4.17. The zero-order valence-electron chi connectivity index (χ0n) is 15.5. The summed E-state index contributed by atoms with van der Waals surface area (Å²) >= 11 is 5.97. The quantitative estimate of drug-likeness (QED) is 0.543. The number of guanidine groups is 1. The molecule has 1 aliphatic rings. The van der Waals surface area contributed by atoms with Gasteiger partial charge in [-0.05, 0) is 31.5 Å². The molecule has 0 bridgehead atoms. The third-order valence-corrected chi connectivity index (χ3v) is 4.41. The molecule has 0 aromatic heterocycles. The van der Waals surface area contributed by atoms with Crippen molar-refractivity contribution in [2.24, 2.45) is 4.99 Å². The Hall–Kier alpha value is -2.09. The molecule has 2 rings (SSSR count). The molecule has 150 valence electrons. The van der Waals surface area contributed by atoms with Gasteiger partial charge in [0.15, 0.2) is 5.96 Å². The molecular formula is C18H25ClF2N4O2. The minimum absolute atomic E-state index is 0.0505. The Kier molecular flexibility index (Phi) is 8.09. The standard InChI is InChI=1S/C18H25ClF2N4O2/c1-3-16(26)25-8-7-14(11-25)24-18(22-4-2)23-10-12-9-13(19)5-6-15(12)27-17(20)21/h5-6,9,14,17H,3-4,7-8,10-11H2,1-2H3,(H2,22,23,24). The van der Waals surface area contributed by atoms with Crippen molar-refractivity contribution in [2.75, 3.05) is 19.6 Å². The van der Waals surface area contributed by atoms with E-state index in [4.69, 9.17) is 11.6 Å². The molecule has 1 amide bonds. The van der Waals surface area contributed by atoms with E-state index in [-0.39, 0.29) is 24.2 Å². The zero-order chi connectivity index (χ0) is 19.8. The van der Waals surface area contributed by atoms with E-state index in [1.807, 2.05) is 18.7 Å². The molecule has 2 N–H and O–H groups in total. The maximum Gasteiger partial charge on any atom is 0.387 e. The largest absolute Gasteiger partial charge is 0.434 e. The van der Waals surface area contributed by atoms with Crippen LogP contribution in [0, 0.1) is 0 Å². The van der Waals surface area contributed by atoms with Crippen molar-refractivity contribution in [3.8, 4) is 5.75 Å². The Balaban J connectivity index is 2.05. The smallest absolute Gasteiger partial charge is 0.387 e. The lowest BCUT2D eigenvalue weighted by Crippen LogP contribution is -2.45. The predicted molar refractivity (Wildman–Crippen MR) is 101 cm³/mol. The number of ether oxygens (including phenoxy) is 1. The lowest BCUT2D eigenvalue weighted by atomic mass is 10.2. The first-order chi connectivity index (χ1) is 12.9. The molecule has 1 saturated heterocycles. The molecule has 0 aliphatic carbocycles. The number of benzene rings is 1. The Morgan fingerprint density at radius 3 is 2.89 bits per heavy atom. The Morgan fingerprint density at radius 1 is 1.44 bits per heavy atom. The summed E-state index contributed by atoms with van der Waals surface area (Å²) in [5.74, 6) is 0.736. The summed E-state index contributed by atoms with van der Waals surface area (Å²) in [7, 11) is 0. The van der Waals surface area contributed by atoms with Crippen LogP contribution in [0.1, 0.15) is 32.3 Å². The van der Waals surface area contributed by atoms with Crippen molar-refractivity contribution in [3.63, 3.8) is 0 Å². The number of carbonyl (C=O) groups is 1. The third kappa shape index (κ3) is 6.53. The number of likely N-dealkylation sites (tertiary alicyclic amines) is 1. The van der Waals surface area contributed by atoms with E-state index in [1.165, 1.54) is 12.1 Å². The van der Waals surface area contributed by atoms with Crippen molar-refractivity contribution >= 4 is 23.5 Å². The van der Waals surface area contributed by atoms with Gasteiger partial charge >= 0.3 is 6.61 Å². The van der Waals surface area contributed by atoms with E-state index in [9.17, 15) is 13.6 Å². The average Bonchev–Trinajstić information content (AvgIpc) is 3.09. The summed E-state index contributed by atoms with van der Waals surface area (Å²) in [4.78, 5) is 18.1. The van der Waals surface area contributed by atoms with E-state index in [2.05, 4.69) is 20.4 Å². The van der Waals surface area contributed by atoms with Crippen molar-refractivity contribution in [2.45, 2.75) is 45.9 Å². The normalized spacial score (nSPS) is 17.3. The molecule has 1 unspecified atom stereocenters. The fraction of sp³-hybridized carbons (Fsp3) is 0.556. The first-order valence-electron chi connectivity index (χ1n) is 8.98. The zero-order valence-corrected chi connectivity index (χ0v) is 16.2. The van der Waals surface area contributed by atoms with Gasteiger partial charge in [-0.2, -0.15) is 8.78 Å². The monoisotopic (exact) mass is 402 g/mol. The fourth-order valence-electron chi connectivity index (χ4n) is 2.89. The summed E-state index contributed by atoms with van der Waals surface area (Å²) in [5.41, 5.74) is 0.467. The summed E-state index contributed by atoms with van der Waals surface area (Å²) < 4.78 is 29.7.